The van der Waals surface area contributed by atoms with Gasteiger partial charge in [-0.1, -0.05) is 31.9 Å². The molecule has 0 bridgehead atoms. The van der Waals surface area contributed by atoms with Crippen LogP contribution in [0.4, 0.5) is 0 Å². The van der Waals surface area contributed by atoms with Gasteiger partial charge in [-0.2, -0.15) is 0 Å². The molecule has 8 heavy (non-hydrogen) atoms. The summed E-state index contributed by atoms with van der Waals surface area (Å²) in [5, 5.41) is 0. The molecule has 1 aromatic heterocycles. The van der Waals surface area contributed by atoms with E-state index in [4.69, 9.17) is 4.42 Å². The van der Waals surface area contributed by atoms with Crippen molar-refractivity contribution in [2.45, 2.75) is 0 Å². The summed E-state index contributed by atoms with van der Waals surface area (Å²) in [7, 11) is 0. The van der Waals surface area contributed by atoms with Crippen LogP contribution in [0.1, 0.15) is 5.76 Å². The summed E-state index contributed by atoms with van der Waals surface area (Å²) in [4.78, 5) is 0. The van der Waals surface area contributed by atoms with Gasteiger partial charge in [-0.15, -0.1) is 0 Å². The Hall–Kier alpha value is 0.240. The molecule has 0 aliphatic carbocycles. The fourth-order valence-corrected chi connectivity index (χ4v) is 0.837. The number of hydrogen-bond acceptors (Lipinski definition) is 1. The van der Waals surface area contributed by atoms with Gasteiger partial charge in [-0.25, -0.2) is 0 Å². The Morgan fingerprint density at radius 3 is 2.50 bits per heavy atom. The van der Waals surface area contributed by atoms with E-state index in [9.17, 15) is 0 Å². The smallest absolute Gasteiger partial charge is 0.170 e. The largest absolute Gasteiger partial charge is 0.467 e. The van der Waals surface area contributed by atoms with Crippen molar-refractivity contribution >= 4 is 31.9 Å². The summed E-state index contributed by atoms with van der Waals surface area (Å²) in [6.45, 7) is 0. The minimum absolute atomic E-state index is 0.810. The fraction of sp³-hybridized carbons (Fsp3) is 0. The first kappa shape index (κ1) is 6.36. The van der Waals surface area contributed by atoms with E-state index in [1.54, 1.807) is 6.26 Å². The maximum atomic E-state index is 4.96. The number of hydrogen-bond donors (Lipinski definition) is 0. The standard InChI is InChI=1S/C5H3Br2O/c6-5(7)4-2-1-3-8-4/h1-3H. The molecule has 0 N–H and O–H groups in total. The average molecular weight is 239 g/mol. The molecule has 43 valence electrons. The van der Waals surface area contributed by atoms with Crippen LogP contribution in [-0.4, -0.2) is 0 Å². The lowest BCUT2D eigenvalue weighted by Gasteiger charge is -1.89. The molecule has 1 radical (unpaired) electrons. The SMILES string of the molecule is Br[C](Br)c1ccco1. The van der Waals surface area contributed by atoms with Gasteiger partial charge >= 0.3 is 0 Å². The molecule has 0 spiro atoms. The van der Waals surface area contributed by atoms with Gasteiger partial charge in [0.05, 0.1) is 6.26 Å². The van der Waals surface area contributed by atoms with E-state index in [1.165, 1.54) is 0 Å². The van der Waals surface area contributed by atoms with Crippen molar-refractivity contribution in [1.29, 1.82) is 0 Å². The highest BCUT2D eigenvalue weighted by Crippen LogP contribution is 2.27. The van der Waals surface area contributed by atoms with E-state index in [1.807, 2.05) is 12.1 Å². The topological polar surface area (TPSA) is 13.1 Å². The fourth-order valence-electron chi connectivity index (χ4n) is 0.386. The van der Waals surface area contributed by atoms with E-state index in [-0.39, 0.29) is 0 Å². The van der Waals surface area contributed by atoms with Crippen LogP contribution in [0.15, 0.2) is 22.8 Å². The normalized spacial score (nSPS) is 10.4. The van der Waals surface area contributed by atoms with Gasteiger partial charge < -0.3 is 4.42 Å². The van der Waals surface area contributed by atoms with Crippen LogP contribution >= 0.6 is 31.9 Å². The summed E-state index contributed by atoms with van der Waals surface area (Å²) in [6.07, 6.45) is 1.62. The van der Waals surface area contributed by atoms with Crippen molar-refractivity contribution < 1.29 is 4.42 Å². The van der Waals surface area contributed by atoms with Gasteiger partial charge in [-0.05, 0) is 12.1 Å². The summed E-state index contributed by atoms with van der Waals surface area (Å²) in [6, 6.07) is 3.69. The third-order valence-corrected chi connectivity index (χ3v) is 1.49. The average Bonchev–Trinajstić information content (AvgIpc) is 2.12. The summed E-state index contributed by atoms with van der Waals surface area (Å²) in [5.74, 6) is 0.810. The Morgan fingerprint density at radius 2 is 2.25 bits per heavy atom. The molecule has 1 aromatic rings. The van der Waals surface area contributed by atoms with E-state index >= 15 is 0 Å². The van der Waals surface area contributed by atoms with Gasteiger partial charge in [0, 0.05) is 0 Å². The highest BCUT2D eigenvalue weighted by molar-refractivity contribution is 9.27. The molecule has 0 amide bonds. The van der Waals surface area contributed by atoms with Crippen molar-refractivity contribution in [3.63, 3.8) is 0 Å². The first-order chi connectivity index (χ1) is 3.80. The maximum Gasteiger partial charge on any atom is 0.170 e. The third kappa shape index (κ3) is 1.36. The molecule has 0 fully saturated rings. The minimum Gasteiger partial charge on any atom is -0.467 e. The zero-order chi connectivity index (χ0) is 5.98. The van der Waals surface area contributed by atoms with Crippen LogP contribution in [0, 0.1) is 3.74 Å². The minimum atomic E-state index is 0.810. The quantitative estimate of drug-likeness (QED) is 0.734. The lowest BCUT2D eigenvalue weighted by atomic mass is 10.5. The van der Waals surface area contributed by atoms with Crippen LogP contribution < -0.4 is 0 Å². The molecule has 0 aromatic carbocycles. The predicted octanol–water partition coefficient (Wildman–Crippen LogP) is 2.91. The molecule has 1 heterocycles. The third-order valence-electron chi connectivity index (χ3n) is 0.707. The first-order valence-corrected chi connectivity index (χ1v) is 3.61. The summed E-state index contributed by atoms with van der Waals surface area (Å²) < 4.78 is 5.81. The second-order valence-corrected chi connectivity index (χ2v) is 3.89. The molecule has 3 heteroatoms. The molecule has 0 saturated carbocycles. The number of furan rings is 1. The summed E-state index contributed by atoms with van der Waals surface area (Å²) >= 11 is 6.40. The molecule has 0 aliphatic heterocycles. The van der Waals surface area contributed by atoms with Crippen molar-refractivity contribution in [3.05, 3.63) is 27.9 Å². The highest BCUT2D eigenvalue weighted by atomic mass is 79.9. The van der Waals surface area contributed by atoms with Gasteiger partial charge in [0.1, 0.15) is 5.76 Å². The molecule has 0 unspecified atom stereocenters. The van der Waals surface area contributed by atoms with Crippen molar-refractivity contribution in [1.82, 2.24) is 0 Å². The molecular formula is C5H3Br2O. The van der Waals surface area contributed by atoms with Gasteiger partial charge in [0.2, 0.25) is 0 Å². The van der Waals surface area contributed by atoms with E-state index in [2.05, 4.69) is 31.9 Å². The monoisotopic (exact) mass is 237 g/mol. The Morgan fingerprint density at radius 1 is 1.50 bits per heavy atom. The van der Waals surface area contributed by atoms with Gasteiger partial charge in [-0.3, -0.25) is 0 Å². The number of rotatable bonds is 1. The first-order valence-electron chi connectivity index (χ1n) is 2.02. The van der Waals surface area contributed by atoms with Crippen LogP contribution in [0.3, 0.4) is 0 Å². The molecular weight excluding hydrogens is 236 g/mol. The Bertz CT molecular complexity index is 145. The van der Waals surface area contributed by atoms with Crippen LogP contribution in [0.25, 0.3) is 0 Å². The van der Waals surface area contributed by atoms with E-state index in [0.717, 1.165) is 9.50 Å². The molecule has 0 atom stereocenters. The molecule has 1 nitrogen and oxygen atoms in total. The zero-order valence-electron chi connectivity index (χ0n) is 3.90. The van der Waals surface area contributed by atoms with E-state index in [0.29, 0.717) is 0 Å². The van der Waals surface area contributed by atoms with E-state index < -0.39 is 0 Å². The molecule has 0 aliphatic rings. The number of halogens is 2. The van der Waals surface area contributed by atoms with Gasteiger partial charge in [0.25, 0.3) is 0 Å². The predicted molar refractivity (Wildman–Crippen MR) is 38.9 cm³/mol. The summed E-state index contributed by atoms with van der Waals surface area (Å²) in [5.41, 5.74) is 0. The Balaban J connectivity index is 2.77. The van der Waals surface area contributed by atoms with Crippen LogP contribution in [0.5, 0.6) is 0 Å². The lowest BCUT2D eigenvalue weighted by molar-refractivity contribution is 0.545. The van der Waals surface area contributed by atoms with Crippen LogP contribution in [-0.2, 0) is 0 Å². The lowest BCUT2D eigenvalue weighted by Crippen LogP contribution is -1.70. The second-order valence-electron chi connectivity index (χ2n) is 1.24. The Kier molecular flexibility index (Phi) is 2.14. The van der Waals surface area contributed by atoms with Crippen molar-refractivity contribution in [2.24, 2.45) is 0 Å². The zero-order valence-corrected chi connectivity index (χ0v) is 7.07. The molecule has 1 rings (SSSR count). The molecule has 0 saturated heterocycles. The van der Waals surface area contributed by atoms with Crippen molar-refractivity contribution in [3.8, 4) is 0 Å². The Labute approximate surface area is 64.3 Å². The van der Waals surface area contributed by atoms with Crippen molar-refractivity contribution in [2.75, 3.05) is 0 Å². The van der Waals surface area contributed by atoms with Crippen LogP contribution in [0.2, 0.25) is 0 Å². The second kappa shape index (κ2) is 2.69. The maximum absolute atomic E-state index is 4.96. The highest BCUT2D eigenvalue weighted by Gasteiger charge is 2.03. The van der Waals surface area contributed by atoms with Gasteiger partial charge in [0.15, 0.2) is 3.74 Å².